The fourth-order valence-electron chi connectivity index (χ4n) is 4.14. The van der Waals surface area contributed by atoms with E-state index in [0.717, 1.165) is 16.9 Å². The van der Waals surface area contributed by atoms with Gasteiger partial charge >= 0.3 is 0 Å². The summed E-state index contributed by atoms with van der Waals surface area (Å²) in [6, 6.07) is 16.6. The normalized spacial score (nSPS) is 16.1. The Hall–Kier alpha value is -3.20. The van der Waals surface area contributed by atoms with Gasteiger partial charge in [0.1, 0.15) is 10.5 Å². The van der Waals surface area contributed by atoms with Crippen LogP contribution < -0.4 is 10.9 Å². The van der Waals surface area contributed by atoms with Gasteiger partial charge in [-0.3, -0.25) is 9.59 Å². The quantitative estimate of drug-likeness (QED) is 0.379. The molecular formula is C25H23ClN4O3S. The zero-order valence-corrected chi connectivity index (χ0v) is 19.8. The van der Waals surface area contributed by atoms with Crippen molar-refractivity contribution in [3.05, 3.63) is 81.4 Å². The fourth-order valence-corrected chi connectivity index (χ4v) is 5.26. The second kappa shape index (κ2) is 9.58. The van der Waals surface area contributed by atoms with Crippen LogP contribution in [0.4, 0.5) is 5.69 Å². The number of nitrogens with zero attached hydrogens (tertiary/aromatic N) is 2. The van der Waals surface area contributed by atoms with Crippen LogP contribution in [0.3, 0.4) is 0 Å². The maximum Gasteiger partial charge on any atom is 0.268 e. The highest BCUT2D eigenvalue weighted by Gasteiger charge is 2.24. The molecule has 1 aliphatic heterocycles. The number of piperidine rings is 1. The van der Waals surface area contributed by atoms with Crippen LogP contribution in [-0.2, 0) is 6.54 Å². The van der Waals surface area contributed by atoms with Crippen molar-refractivity contribution >= 4 is 44.7 Å². The van der Waals surface area contributed by atoms with E-state index in [2.05, 4.69) is 15.3 Å². The number of benzene rings is 2. The summed E-state index contributed by atoms with van der Waals surface area (Å²) in [6.45, 7) is 1.22. The second-order valence-electron chi connectivity index (χ2n) is 8.29. The molecule has 2 aromatic heterocycles. The van der Waals surface area contributed by atoms with E-state index < -0.39 is 6.10 Å². The molecule has 0 bridgehead atoms. The highest BCUT2D eigenvalue weighted by molar-refractivity contribution is 7.22. The largest absolute Gasteiger partial charge is 0.391 e. The number of β-amino-alcohol motifs (C(OH)–C–C–N with tert-alkyl or cyclic N) is 1. The van der Waals surface area contributed by atoms with Crippen LogP contribution in [0.5, 0.6) is 0 Å². The first-order chi connectivity index (χ1) is 16.5. The number of thiophene rings is 1. The number of nitrogens with one attached hydrogen (secondary N) is 2. The van der Waals surface area contributed by atoms with Gasteiger partial charge in [0, 0.05) is 28.7 Å². The van der Waals surface area contributed by atoms with Gasteiger partial charge in [0.15, 0.2) is 0 Å². The zero-order chi connectivity index (χ0) is 23.7. The van der Waals surface area contributed by atoms with E-state index in [1.165, 1.54) is 11.3 Å². The predicted octanol–water partition coefficient (Wildman–Crippen LogP) is 4.51. The maximum atomic E-state index is 13.1. The van der Waals surface area contributed by atoms with Crippen molar-refractivity contribution in [3.63, 3.8) is 0 Å². The molecule has 1 amide bonds. The number of aromatic nitrogens is 2. The average Bonchev–Trinajstić information content (AvgIpc) is 3.28. The Bertz CT molecular complexity index is 1400. The molecule has 0 spiro atoms. The number of carbonyl (C=O) groups excluding carboxylic acids is 1. The van der Waals surface area contributed by atoms with Crippen molar-refractivity contribution in [1.82, 2.24) is 14.9 Å². The standard InChI is InChI=1S/C25H23ClN4O3S/c26-16-9-7-15(8-10-16)21-12-20-23(34-21)24(32)29-22(28-20)13-27-19-6-2-1-5-18(19)25(33)30-11-3-4-17(31)14-30/h1-2,5-10,12,17,27,31H,3-4,11,13-14H2,(H,28,29,32). The number of para-hydroxylation sites is 1. The number of carbonyl (C=O) groups is 1. The Morgan fingerprint density at radius 2 is 2.03 bits per heavy atom. The molecule has 1 atom stereocenters. The van der Waals surface area contributed by atoms with E-state index in [1.807, 2.05) is 48.5 Å². The number of fused-ring (bicyclic) bond motifs is 1. The minimum Gasteiger partial charge on any atom is -0.391 e. The van der Waals surface area contributed by atoms with Gasteiger partial charge in [-0.15, -0.1) is 11.3 Å². The van der Waals surface area contributed by atoms with Gasteiger partial charge in [-0.25, -0.2) is 4.98 Å². The van der Waals surface area contributed by atoms with Crippen LogP contribution >= 0.6 is 22.9 Å². The molecule has 174 valence electrons. The summed E-state index contributed by atoms with van der Waals surface area (Å²) >= 11 is 7.37. The van der Waals surface area contributed by atoms with Gasteiger partial charge in [-0.05, 0) is 48.7 Å². The number of H-pyrrole nitrogens is 1. The number of rotatable bonds is 5. The van der Waals surface area contributed by atoms with Crippen molar-refractivity contribution in [3.8, 4) is 10.4 Å². The molecule has 3 heterocycles. The summed E-state index contributed by atoms with van der Waals surface area (Å²) in [5.41, 5.74) is 2.59. The molecule has 2 aromatic carbocycles. The number of hydrogen-bond acceptors (Lipinski definition) is 6. The Morgan fingerprint density at radius 3 is 2.82 bits per heavy atom. The van der Waals surface area contributed by atoms with E-state index in [4.69, 9.17) is 11.6 Å². The van der Waals surface area contributed by atoms with Gasteiger partial charge in [-0.2, -0.15) is 0 Å². The lowest BCUT2D eigenvalue weighted by Crippen LogP contribution is -2.42. The molecule has 5 rings (SSSR count). The van der Waals surface area contributed by atoms with Crippen molar-refractivity contribution in [2.24, 2.45) is 0 Å². The first kappa shape index (κ1) is 22.6. The number of likely N-dealkylation sites (tertiary alicyclic amines) is 1. The van der Waals surface area contributed by atoms with Crippen LogP contribution in [0.15, 0.2) is 59.4 Å². The Labute approximate surface area is 205 Å². The maximum absolute atomic E-state index is 13.1. The summed E-state index contributed by atoms with van der Waals surface area (Å²) in [4.78, 5) is 35.9. The first-order valence-electron chi connectivity index (χ1n) is 11.1. The molecule has 34 heavy (non-hydrogen) atoms. The number of aliphatic hydroxyl groups excluding tert-OH is 1. The number of amides is 1. The number of hydrogen-bond donors (Lipinski definition) is 3. The van der Waals surface area contributed by atoms with E-state index in [9.17, 15) is 14.7 Å². The molecule has 7 nitrogen and oxygen atoms in total. The highest BCUT2D eigenvalue weighted by Crippen LogP contribution is 2.31. The first-order valence-corrected chi connectivity index (χ1v) is 12.3. The molecular weight excluding hydrogens is 472 g/mol. The van der Waals surface area contributed by atoms with E-state index in [-0.39, 0.29) is 18.0 Å². The second-order valence-corrected chi connectivity index (χ2v) is 9.78. The summed E-state index contributed by atoms with van der Waals surface area (Å²) in [7, 11) is 0. The van der Waals surface area contributed by atoms with Crippen molar-refractivity contribution < 1.29 is 9.90 Å². The third-order valence-corrected chi connectivity index (χ3v) is 7.27. The molecule has 0 aliphatic carbocycles. The molecule has 9 heteroatoms. The van der Waals surface area contributed by atoms with Crippen molar-refractivity contribution in [1.29, 1.82) is 0 Å². The van der Waals surface area contributed by atoms with Crippen LogP contribution in [0, 0.1) is 0 Å². The molecule has 4 aromatic rings. The molecule has 3 N–H and O–H groups in total. The number of halogens is 1. The van der Waals surface area contributed by atoms with E-state index >= 15 is 0 Å². The van der Waals surface area contributed by atoms with E-state index in [0.29, 0.717) is 51.8 Å². The fraction of sp³-hybridized carbons (Fsp3) is 0.240. The summed E-state index contributed by atoms with van der Waals surface area (Å²) in [5, 5.41) is 13.8. The lowest BCUT2D eigenvalue weighted by Gasteiger charge is -2.30. The predicted molar refractivity (Wildman–Crippen MR) is 136 cm³/mol. The van der Waals surface area contributed by atoms with Crippen LogP contribution in [0.1, 0.15) is 29.0 Å². The van der Waals surface area contributed by atoms with E-state index in [1.54, 1.807) is 11.0 Å². The minimum atomic E-state index is -0.484. The molecule has 0 saturated carbocycles. The lowest BCUT2D eigenvalue weighted by atomic mass is 10.1. The monoisotopic (exact) mass is 494 g/mol. The summed E-state index contributed by atoms with van der Waals surface area (Å²) in [6.07, 6.45) is 1.02. The minimum absolute atomic E-state index is 0.121. The number of aromatic amines is 1. The average molecular weight is 495 g/mol. The summed E-state index contributed by atoms with van der Waals surface area (Å²) in [5.74, 6) is 0.359. The van der Waals surface area contributed by atoms with Gasteiger partial charge in [0.25, 0.3) is 11.5 Å². The molecule has 1 saturated heterocycles. The highest BCUT2D eigenvalue weighted by atomic mass is 35.5. The van der Waals surface area contributed by atoms with Crippen LogP contribution in [-0.4, -0.2) is 45.1 Å². The van der Waals surface area contributed by atoms with Gasteiger partial charge in [0.05, 0.1) is 23.7 Å². The third kappa shape index (κ3) is 4.70. The lowest BCUT2D eigenvalue weighted by molar-refractivity contribution is 0.0474. The van der Waals surface area contributed by atoms with Crippen molar-refractivity contribution in [2.45, 2.75) is 25.5 Å². The zero-order valence-electron chi connectivity index (χ0n) is 18.3. The Morgan fingerprint density at radius 1 is 1.24 bits per heavy atom. The SMILES string of the molecule is O=C(c1ccccc1NCc1nc2cc(-c3ccc(Cl)cc3)sc2c(=O)[nH]1)N1CCCC(O)C1. The van der Waals surface area contributed by atoms with Gasteiger partial charge in [0.2, 0.25) is 0 Å². The molecule has 0 radical (unpaired) electrons. The Balaban J connectivity index is 1.37. The molecule has 1 fully saturated rings. The smallest absolute Gasteiger partial charge is 0.268 e. The number of aliphatic hydroxyl groups is 1. The topological polar surface area (TPSA) is 98.3 Å². The van der Waals surface area contributed by atoms with Crippen LogP contribution in [0.2, 0.25) is 5.02 Å². The summed E-state index contributed by atoms with van der Waals surface area (Å²) < 4.78 is 0.563. The molecule has 1 aliphatic rings. The van der Waals surface area contributed by atoms with Gasteiger partial charge < -0.3 is 20.3 Å². The number of anilines is 1. The Kier molecular flexibility index (Phi) is 6.36. The molecule has 1 unspecified atom stereocenters. The third-order valence-electron chi connectivity index (χ3n) is 5.85. The van der Waals surface area contributed by atoms with Crippen molar-refractivity contribution in [2.75, 3.05) is 18.4 Å². The van der Waals surface area contributed by atoms with Gasteiger partial charge in [-0.1, -0.05) is 35.9 Å². The van der Waals surface area contributed by atoms with Crippen LogP contribution in [0.25, 0.3) is 20.7 Å².